The van der Waals surface area contributed by atoms with E-state index in [2.05, 4.69) is 10.1 Å². The van der Waals surface area contributed by atoms with Crippen LogP contribution in [-0.4, -0.2) is 20.9 Å². The van der Waals surface area contributed by atoms with E-state index in [9.17, 15) is 9.18 Å². The highest BCUT2D eigenvalue weighted by molar-refractivity contribution is 5.86. The van der Waals surface area contributed by atoms with E-state index in [1.165, 1.54) is 18.5 Å². The zero-order chi connectivity index (χ0) is 12.5. The lowest BCUT2D eigenvalue weighted by Crippen LogP contribution is -1.94. The highest BCUT2D eigenvalue weighted by Crippen LogP contribution is 2.21. The molecular weight excluding hydrogens is 233 g/mol. The maximum atomic E-state index is 12.8. The fourth-order valence-corrected chi connectivity index (χ4v) is 1.87. The molecule has 3 aromatic rings. The van der Waals surface area contributed by atoms with Gasteiger partial charge in [0.1, 0.15) is 0 Å². The Morgan fingerprint density at radius 2 is 2.06 bits per heavy atom. The molecule has 0 fully saturated rings. The number of aldehydes is 1. The molecule has 0 unspecified atom stereocenters. The Balaban J connectivity index is 2.26. The van der Waals surface area contributed by atoms with Crippen LogP contribution in [0.2, 0.25) is 0 Å². The monoisotopic (exact) mass is 241 g/mol. The summed E-state index contributed by atoms with van der Waals surface area (Å²) in [7, 11) is 0. The summed E-state index contributed by atoms with van der Waals surface area (Å²) in [6.45, 7) is 0. The first kappa shape index (κ1) is 10.6. The molecule has 0 saturated carbocycles. The first-order chi connectivity index (χ1) is 8.79. The van der Waals surface area contributed by atoms with Gasteiger partial charge in [0.15, 0.2) is 6.29 Å². The summed E-state index contributed by atoms with van der Waals surface area (Å²) >= 11 is 0. The Hall–Kier alpha value is -2.56. The molecule has 18 heavy (non-hydrogen) atoms. The van der Waals surface area contributed by atoms with E-state index in [0.717, 1.165) is 17.5 Å². The van der Waals surface area contributed by atoms with Crippen molar-refractivity contribution in [1.82, 2.24) is 14.6 Å². The summed E-state index contributed by atoms with van der Waals surface area (Å²) in [6.07, 6.45) is 3.70. The summed E-state index contributed by atoms with van der Waals surface area (Å²) in [5.74, 6) is -0.528. The van der Waals surface area contributed by atoms with E-state index in [1.807, 2.05) is 12.1 Å². The van der Waals surface area contributed by atoms with Crippen molar-refractivity contribution < 1.29 is 9.18 Å². The second kappa shape index (κ2) is 4.03. The van der Waals surface area contributed by atoms with Crippen LogP contribution in [0.1, 0.15) is 10.4 Å². The topological polar surface area (TPSA) is 47.3 Å². The van der Waals surface area contributed by atoms with Crippen molar-refractivity contribution in [3.05, 3.63) is 54.2 Å². The van der Waals surface area contributed by atoms with E-state index in [-0.39, 0.29) is 0 Å². The molecular formula is C13H8FN3O. The van der Waals surface area contributed by atoms with Gasteiger partial charge in [0.05, 0.1) is 23.0 Å². The van der Waals surface area contributed by atoms with Crippen LogP contribution < -0.4 is 0 Å². The third-order valence-electron chi connectivity index (χ3n) is 2.72. The predicted molar refractivity (Wildman–Crippen MR) is 63.8 cm³/mol. The van der Waals surface area contributed by atoms with Crippen LogP contribution >= 0.6 is 0 Å². The fourth-order valence-electron chi connectivity index (χ4n) is 1.87. The van der Waals surface area contributed by atoms with Gasteiger partial charge >= 0.3 is 0 Å². The molecule has 4 nitrogen and oxygen atoms in total. The highest BCUT2D eigenvalue weighted by Gasteiger charge is 2.08. The maximum absolute atomic E-state index is 12.8. The lowest BCUT2D eigenvalue weighted by atomic mass is 10.2. The summed E-state index contributed by atoms with van der Waals surface area (Å²) in [4.78, 5) is 14.5. The average molecular weight is 241 g/mol. The van der Waals surface area contributed by atoms with Crippen LogP contribution in [0, 0.1) is 5.95 Å². The number of pyridine rings is 2. The lowest BCUT2D eigenvalue weighted by molar-refractivity contribution is 0.112. The van der Waals surface area contributed by atoms with Gasteiger partial charge in [0.2, 0.25) is 5.95 Å². The second-order valence-electron chi connectivity index (χ2n) is 3.80. The standard InChI is InChI=1S/C13H8FN3O/c14-13-5-4-9(6-15-13)11-2-1-3-12-10(8-18)7-16-17(11)12/h1-8H. The Morgan fingerprint density at radius 1 is 1.17 bits per heavy atom. The third kappa shape index (κ3) is 1.57. The number of nitrogens with zero attached hydrogens (tertiary/aromatic N) is 3. The number of halogens is 1. The molecule has 3 rings (SSSR count). The van der Waals surface area contributed by atoms with Crippen molar-refractivity contribution in [3.8, 4) is 11.3 Å². The minimum atomic E-state index is -0.528. The third-order valence-corrected chi connectivity index (χ3v) is 2.72. The molecule has 0 aliphatic rings. The number of hydrogen-bond donors (Lipinski definition) is 0. The molecule has 0 aliphatic carbocycles. The molecule has 0 radical (unpaired) electrons. The number of hydrogen-bond acceptors (Lipinski definition) is 3. The molecule has 0 saturated heterocycles. The molecule has 3 aromatic heterocycles. The van der Waals surface area contributed by atoms with Gasteiger partial charge in [-0.1, -0.05) is 6.07 Å². The van der Waals surface area contributed by atoms with Gasteiger partial charge in [0, 0.05) is 11.8 Å². The highest BCUT2D eigenvalue weighted by atomic mass is 19.1. The van der Waals surface area contributed by atoms with Gasteiger partial charge in [-0.2, -0.15) is 9.49 Å². The van der Waals surface area contributed by atoms with Crippen molar-refractivity contribution in [3.63, 3.8) is 0 Å². The summed E-state index contributed by atoms with van der Waals surface area (Å²) < 4.78 is 14.4. The van der Waals surface area contributed by atoms with Crippen molar-refractivity contribution in [2.24, 2.45) is 0 Å². The largest absolute Gasteiger partial charge is 0.298 e. The van der Waals surface area contributed by atoms with Crippen molar-refractivity contribution in [1.29, 1.82) is 0 Å². The van der Waals surface area contributed by atoms with Gasteiger partial charge in [0.25, 0.3) is 0 Å². The van der Waals surface area contributed by atoms with E-state index >= 15 is 0 Å². The Kier molecular flexibility index (Phi) is 2.37. The van der Waals surface area contributed by atoms with Crippen molar-refractivity contribution in [2.75, 3.05) is 0 Å². The molecule has 0 bridgehead atoms. The Bertz CT molecular complexity index is 719. The summed E-state index contributed by atoms with van der Waals surface area (Å²) in [5.41, 5.74) is 2.73. The fraction of sp³-hybridized carbons (Fsp3) is 0. The molecule has 0 aromatic carbocycles. The number of fused-ring (bicyclic) bond motifs is 1. The quantitative estimate of drug-likeness (QED) is 0.511. The van der Waals surface area contributed by atoms with Crippen molar-refractivity contribution >= 4 is 11.8 Å². The Morgan fingerprint density at radius 3 is 2.78 bits per heavy atom. The minimum absolute atomic E-state index is 0.520. The van der Waals surface area contributed by atoms with Crippen LogP contribution in [0.4, 0.5) is 4.39 Å². The molecule has 0 N–H and O–H groups in total. The predicted octanol–water partition coefficient (Wildman–Crippen LogP) is 2.35. The number of rotatable bonds is 2. The van der Waals surface area contributed by atoms with Crippen LogP contribution in [0.25, 0.3) is 16.8 Å². The van der Waals surface area contributed by atoms with E-state index < -0.39 is 5.95 Å². The molecule has 3 heterocycles. The Labute approximate surface area is 102 Å². The lowest BCUT2D eigenvalue weighted by Gasteiger charge is -2.04. The summed E-state index contributed by atoms with van der Waals surface area (Å²) in [5, 5.41) is 4.15. The van der Waals surface area contributed by atoms with Crippen LogP contribution in [0.3, 0.4) is 0 Å². The molecule has 0 spiro atoms. The van der Waals surface area contributed by atoms with Gasteiger partial charge in [-0.05, 0) is 24.3 Å². The molecule has 0 atom stereocenters. The van der Waals surface area contributed by atoms with E-state index in [1.54, 1.807) is 16.6 Å². The number of aromatic nitrogens is 3. The van der Waals surface area contributed by atoms with Gasteiger partial charge in [-0.15, -0.1) is 0 Å². The average Bonchev–Trinajstić information content (AvgIpc) is 2.82. The zero-order valence-electron chi connectivity index (χ0n) is 9.25. The smallest absolute Gasteiger partial charge is 0.212 e. The van der Waals surface area contributed by atoms with Gasteiger partial charge < -0.3 is 0 Å². The van der Waals surface area contributed by atoms with Crippen LogP contribution in [0.15, 0.2) is 42.7 Å². The maximum Gasteiger partial charge on any atom is 0.212 e. The van der Waals surface area contributed by atoms with Gasteiger partial charge in [-0.25, -0.2) is 9.50 Å². The first-order valence-corrected chi connectivity index (χ1v) is 5.33. The van der Waals surface area contributed by atoms with Crippen molar-refractivity contribution in [2.45, 2.75) is 0 Å². The number of carbonyl (C=O) groups excluding carboxylic acids is 1. The van der Waals surface area contributed by atoms with Crippen LogP contribution in [0.5, 0.6) is 0 Å². The SMILES string of the molecule is O=Cc1cnn2c(-c3ccc(F)nc3)cccc12. The second-order valence-corrected chi connectivity index (χ2v) is 3.80. The van der Waals surface area contributed by atoms with Gasteiger partial charge in [-0.3, -0.25) is 4.79 Å². The molecule has 0 aliphatic heterocycles. The normalized spacial score (nSPS) is 10.7. The number of carbonyl (C=O) groups is 1. The van der Waals surface area contributed by atoms with Crippen LogP contribution in [-0.2, 0) is 0 Å². The first-order valence-electron chi connectivity index (χ1n) is 5.33. The minimum Gasteiger partial charge on any atom is -0.298 e. The summed E-state index contributed by atoms with van der Waals surface area (Å²) in [6, 6.07) is 8.38. The molecule has 0 amide bonds. The molecule has 88 valence electrons. The molecule has 5 heteroatoms. The zero-order valence-corrected chi connectivity index (χ0v) is 9.25. The van der Waals surface area contributed by atoms with E-state index in [4.69, 9.17) is 0 Å². The van der Waals surface area contributed by atoms with E-state index in [0.29, 0.717) is 11.1 Å².